The van der Waals surface area contributed by atoms with Crippen LogP contribution in [0.25, 0.3) is 5.57 Å². The number of hydrogen-bond acceptors (Lipinski definition) is 8. The summed E-state index contributed by atoms with van der Waals surface area (Å²) in [4.78, 5) is 27.4. The maximum absolute atomic E-state index is 11.1. The number of methoxy groups -OCH3 is 1. The predicted molar refractivity (Wildman–Crippen MR) is 108 cm³/mol. The molecule has 0 saturated carbocycles. The summed E-state index contributed by atoms with van der Waals surface area (Å²) in [6, 6.07) is 0. The van der Waals surface area contributed by atoms with E-state index in [-0.39, 0.29) is 5.92 Å². The van der Waals surface area contributed by atoms with E-state index in [1.807, 2.05) is 0 Å². The van der Waals surface area contributed by atoms with Crippen LogP contribution in [0.15, 0.2) is 17.4 Å². The fourth-order valence-electron chi connectivity index (χ4n) is 3.46. The van der Waals surface area contributed by atoms with E-state index in [1.54, 1.807) is 13.3 Å². The number of piperidine rings is 1. The van der Waals surface area contributed by atoms with E-state index in [0.29, 0.717) is 30.4 Å². The van der Waals surface area contributed by atoms with Gasteiger partial charge >= 0.3 is 0 Å². The first-order valence-electron chi connectivity index (χ1n) is 9.91. The maximum atomic E-state index is 11.1. The number of nitrogens with zero attached hydrogens (tertiary/aromatic N) is 4. The second kappa shape index (κ2) is 10.2. The van der Waals surface area contributed by atoms with Crippen LogP contribution in [-0.4, -0.2) is 62.1 Å². The third-order valence-corrected chi connectivity index (χ3v) is 5.07. The number of carbonyl (C=O) groups excluding carboxylic acids is 1. The lowest BCUT2D eigenvalue weighted by Gasteiger charge is -2.32. The molecule has 2 N–H and O–H groups in total. The van der Waals surface area contributed by atoms with Crippen LogP contribution in [0.1, 0.15) is 37.1 Å². The molecule has 3 rings (SSSR count). The van der Waals surface area contributed by atoms with E-state index in [4.69, 9.17) is 25.2 Å². The van der Waals surface area contributed by atoms with Gasteiger partial charge in [0.15, 0.2) is 5.82 Å². The number of ether oxygens (including phenoxy) is 2. The molecule has 0 atom stereocenters. The van der Waals surface area contributed by atoms with Gasteiger partial charge in [-0.2, -0.15) is 0 Å². The smallest absolute Gasteiger partial charge is 0.219 e. The van der Waals surface area contributed by atoms with Crippen LogP contribution in [0.3, 0.4) is 0 Å². The van der Waals surface area contributed by atoms with Gasteiger partial charge in [-0.05, 0) is 25.7 Å². The van der Waals surface area contributed by atoms with E-state index < -0.39 is 0 Å². The lowest BCUT2D eigenvalue weighted by atomic mass is 9.98. The Kier molecular flexibility index (Phi) is 7.36. The topological polar surface area (TPSA) is 103 Å². The van der Waals surface area contributed by atoms with Crippen LogP contribution >= 0.6 is 0 Å². The molecule has 0 aromatic carbocycles. The molecule has 0 unspecified atom stereocenters. The number of aromatic nitrogens is 2. The van der Waals surface area contributed by atoms with Crippen molar-refractivity contribution in [2.24, 2.45) is 16.6 Å². The summed E-state index contributed by atoms with van der Waals surface area (Å²) in [6.45, 7) is 3.55. The maximum Gasteiger partial charge on any atom is 0.219 e. The Balaban J connectivity index is 1.91. The molecule has 0 aliphatic carbocycles. The number of carbonyl (C=O) groups is 1. The molecule has 0 bridgehead atoms. The summed E-state index contributed by atoms with van der Waals surface area (Å²) in [6.07, 6.45) is 8.55. The predicted octanol–water partition coefficient (Wildman–Crippen LogP) is 1.59. The molecule has 0 amide bonds. The lowest BCUT2D eigenvalue weighted by Crippen LogP contribution is -2.36. The molecule has 2 aliphatic heterocycles. The average Bonchev–Trinajstić information content (AvgIpc) is 2.76. The molecule has 2 aliphatic rings. The van der Waals surface area contributed by atoms with Gasteiger partial charge < -0.3 is 24.9 Å². The van der Waals surface area contributed by atoms with Gasteiger partial charge in [0.25, 0.3) is 0 Å². The van der Waals surface area contributed by atoms with Gasteiger partial charge in [-0.1, -0.05) is 0 Å². The van der Waals surface area contributed by atoms with Crippen molar-refractivity contribution in [3.63, 3.8) is 0 Å². The molecule has 1 saturated heterocycles. The van der Waals surface area contributed by atoms with Crippen molar-refractivity contribution in [3.8, 4) is 0 Å². The first kappa shape index (κ1) is 20.3. The van der Waals surface area contributed by atoms with Crippen molar-refractivity contribution in [1.82, 2.24) is 9.97 Å². The van der Waals surface area contributed by atoms with E-state index >= 15 is 0 Å². The van der Waals surface area contributed by atoms with Crippen molar-refractivity contribution in [2.75, 3.05) is 44.9 Å². The monoisotopic (exact) mass is 387 g/mol. The number of aryl methyl sites for hydroxylation is 1. The number of hydrogen-bond donors (Lipinski definition) is 1. The fraction of sp³-hybridized carbons (Fsp3) is 0.600. The highest BCUT2D eigenvalue weighted by Crippen LogP contribution is 2.29. The molecule has 28 heavy (non-hydrogen) atoms. The van der Waals surface area contributed by atoms with E-state index in [2.05, 4.69) is 9.89 Å². The number of rotatable bonds is 8. The van der Waals surface area contributed by atoms with Gasteiger partial charge in [-0.3, -0.25) is 9.98 Å². The van der Waals surface area contributed by atoms with Gasteiger partial charge in [-0.25, -0.2) is 4.98 Å². The molecule has 1 aromatic heterocycles. The highest BCUT2D eigenvalue weighted by Gasteiger charge is 2.26. The van der Waals surface area contributed by atoms with Crippen LogP contribution in [0.5, 0.6) is 0 Å². The Hall–Kier alpha value is -2.48. The van der Waals surface area contributed by atoms with Crippen LogP contribution in [0, 0.1) is 5.92 Å². The lowest BCUT2D eigenvalue weighted by molar-refractivity contribution is -0.111. The summed E-state index contributed by atoms with van der Waals surface area (Å²) in [5.74, 6) is 1.43. The second-order valence-corrected chi connectivity index (χ2v) is 7.06. The van der Waals surface area contributed by atoms with Gasteiger partial charge in [-0.15, -0.1) is 0 Å². The summed E-state index contributed by atoms with van der Waals surface area (Å²) in [5.41, 5.74) is 8.21. The number of anilines is 1. The Labute approximate surface area is 165 Å². The van der Waals surface area contributed by atoms with Crippen LogP contribution < -0.4 is 10.6 Å². The quantitative estimate of drug-likeness (QED) is 0.534. The minimum absolute atomic E-state index is 0.119. The minimum atomic E-state index is 0.119. The molecule has 3 heterocycles. The third kappa shape index (κ3) is 4.86. The molecular formula is C20H29N5O3. The zero-order valence-electron chi connectivity index (χ0n) is 16.5. The molecule has 0 radical (unpaired) electrons. The molecule has 8 nitrogen and oxygen atoms in total. The van der Waals surface area contributed by atoms with E-state index in [1.165, 1.54) is 6.20 Å². The fourth-order valence-corrected chi connectivity index (χ4v) is 3.46. The van der Waals surface area contributed by atoms with Crippen LogP contribution in [0.4, 0.5) is 5.82 Å². The van der Waals surface area contributed by atoms with Crippen molar-refractivity contribution in [1.29, 1.82) is 0 Å². The first-order valence-corrected chi connectivity index (χ1v) is 9.91. The molecule has 1 fully saturated rings. The summed E-state index contributed by atoms with van der Waals surface area (Å²) < 4.78 is 10.9. The third-order valence-electron chi connectivity index (χ3n) is 5.07. The van der Waals surface area contributed by atoms with E-state index in [0.717, 1.165) is 69.5 Å². The molecular weight excluding hydrogens is 358 g/mol. The Morgan fingerprint density at radius 3 is 2.89 bits per heavy atom. The van der Waals surface area contributed by atoms with Crippen molar-refractivity contribution < 1.29 is 14.3 Å². The Morgan fingerprint density at radius 2 is 2.25 bits per heavy atom. The second-order valence-electron chi connectivity index (χ2n) is 7.06. The van der Waals surface area contributed by atoms with Crippen LogP contribution in [0.2, 0.25) is 0 Å². The van der Waals surface area contributed by atoms with Crippen molar-refractivity contribution >= 4 is 23.6 Å². The zero-order chi connectivity index (χ0) is 19.8. The molecule has 8 heteroatoms. The Morgan fingerprint density at radius 1 is 1.43 bits per heavy atom. The van der Waals surface area contributed by atoms with Crippen molar-refractivity contribution in [3.05, 3.63) is 23.8 Å². The molecule has 0 spiro atoms. The van der Waals surface area contributed by atoms with Gasteiger partial charge in [0.05, 0.1) is 17.9 Å². The Bertz CT molecular complexity index is 727. The largest absolute Gasteiger partial charge is 0.477 e. The van der Waals surface area contributed by atoms with E-state index in [9.17, 15) is 4.79 Å². The summed E-state index contributed by atoms with van der Waals surface area (Å²) in [7, 11) is 1.70. The minimum Gasteiger partial charge on any atom is -0.477 e. The number of aldehydes is 1. The highest BCUT2D eigenvalue weighted by atomic mass is 16.5. The normalized spacial score (nSPS) is 18.5. The van der Waals surface area contributed by atoms with Gasteiger partial charge in [0.1, 0.15) is 12.0 Å². The summed E-state index contributed by atoms with van der Waals surface area (Å²) in [5, 5.41) is 0. The first-order chi connectivity index (χ1) is 13.8. The number of nitrogens with two attached hydrogens (primary N) is 1. The zero-order valence-corrected chi connectivity index (χ0v) is 16.5. The van der Waals surface area contributed by atoms with Gasteiger partial charge in [0, 0.05) is 58.1 Å². The summed E-state index contributed by atoms with van der Waals surface area (Å²) >= 11 is 0. The van der Waals surface area contributed by atoms with Crippen LogP contribution in [-0.2, 0) is 20.7 Å². The standard InChI is InChI=1S/C20H29N5O3/c1-27-10-2-4-16-13-23-18(17(12-21)20-22-7-3-11-28-20)19(24-16)25-8-5-15(14-26)6-9-25/h12-15H,2-11,21H2,1H3/b17-12-. The average molecular weight is 387 g/mol. The van der Waals surface area contributed by atoms with Crippen molar-refractivity contribution in [2.45, 2.75) is 32.1 Å². The molecule has 152 valence electrons. The number of aliphatic imine (C=N–C) groups is 1. The highest BCUT2D eigenvalue weighted by molar-refractivity contribution is 6.20. The molecule has 1 aromatic rings. The SMILES string of the molecule is COCCCc1cnc(/C(=C/N)C2=NCCCO2)c(N2CCC(C=O)CC2)n1. The van der Waals surface area contributed by atoms with Gasteiger partial charge in [0.2, 0.25) is 5.90 Å².